The van der Waals surface area contributed by atoms with E-state index in [1.54, 1.807) is 31.3 Å². The van der Waals surface area contributed by atoms with E-state index in [-0.39, 0.29) is 11.9 Å². The van der Waals surface area contributed by atoms with Crippen LogP contribution >= 0.6 is 0 Å². The fraction of sp³-hybridized carbons (Fsp3) is 0.611. The molecule has 1 aliphatic heterocycles. The number of sulfonamides is 1. The van der Waals surface area contributed by atoms with Crippen LogP contribution in [0.4, 0.5) is 0 Å². The molecule has 0 radical (unpaired) electrons. The lowest BCUT2D eigenvalue weighted by Gasteiger charge is -2.35. The zero-order chi connectivity index (χ0) is 18.4. The van der Waals surface area contributed by atoms with E-state index >= 15 is 0 Å². The highest BCUT2D eigenvalue weighted by atomic mass is 32.2. The molecule has 0 unspecified atom stereocenters. The molecule has 0 spiro atoms. The molecule has 6 nitrogen and oxygen atoms in total. The highest BCUT2D eigenvalue weighted by Crippen LogP contribution is 2.22. The molecule has 1 amide bonds. The van der Waals surface area contributed by atoms with Crippen LogP contribution < -0.4 is 5.32 Å². The summed E-state index contributed by atoms with van der Waals surface area (Å²) in [6.07, 6.45) is 1.47. The van der Waals surface area contributed by atoms with E-state index in [2.05, 4.69) is 24.1 Å². The van der Waals surface area contributed by atoms with Crippen molar-refractivity contribution in [2.75, 3.05) is 33.2 Å². The summed E-state index contributed by atoms with van der Waals surface area (Å²) in [6.45, 7) is 6.66. The predicted octanol–water partition coefficient (Wildman–Crippen LogP) is 1.54. The third-order valence-corrected chi connectivity index (χ3v) is 6.49. The Bertz CT molecular complexity index is 653. The lowest BCUT2D eigenvalue weighted by Crippen LogP contribution is -2.48. The number of nitrogens with one attached hydrogen (secondary N) is 1. The van der Waals surface area contributed by atoms with Gasteiger partial charge in [-0.25, -0.2) is 8.42 Å². The summed E-state index contributed by atoms with van der Waals surface area (Å²) < 4.78 is 26.9. The Morgan fingerprint density at radius 1 is 1.24 bits per heavy atom. The summed E-state index contributed by atoms with van der Waals surface area (Å²) in [5.74, 6) is 0.476. The highest BCUT2D eigenvalue weighted by Gasteiger charge is 2.31. The predicted molar refractivity (Wildman–Crippen MR) is 98.7 cm³/mol. The first kappa shape index (κ1) is 19.9. The number of carbonyl (C=O) groups is 1. The van der Waals surface area contributed by atoms with Gasteiger partial charge in [-0.15, -0.1) is 0 Å². The number of hydrogen-bond donors (Lipinski definition) is 1. The van der Waals surface area contributed by atoms with Crippen LogP contribution in [0, 0.1) is 5.92 Å². The van der Waals surface area contributed by atoms with Gasteiger partial charge < -0.3 is 5.32 Å². The van der Waals surface area contributed by atoms with Crippen LogP contribution in [0.1, 0.15) is 26.7 Å². The molecule has 1 aliphatic rings. The van der Waals surface area contributed by atoms with Crippen LogP contribution in [0.5, 0.6) is 0 Å². The summed E-state index contributed by atoms with van der Waals surface area (Å²) in [4.78, 5) is 14.3. The Morgan fingerprint density at radius 2 is 1.84 bits per heavy atom. The first-order chi connectivity index (χ1) is 11.8. The van der Waals surface area contributed by atoms with Crippen LogP contribution in [0.25, 0.3) is 0 Å². The van der Waals surface area contributed by atoms with Crippen LogP contribution in [-0.4, -0.2) is 62.8 Å². The zero-order valence-corrected chi connectivity index (χ0v) is 16.1. The number of rotatable bonds is 7. The molecule has 0 aromatic heterocycles. The van der Waals surface area contributed by atoms with Gasteiger partial charge in [0.1, 0.15) is 0 Å². The molecule has 25 heavy (non-hydrogen) atoms. The standard InChI is InChI=1S/C18H29N3O3S/c1-15(2)13-19-18(22)14-21-11-9-16(10-12-21)20(3)25(23,24)17-7-5-4-6-8-17/h4-8,15-16H,9-14H2,1-3H3,(H,19,22). The number of carbonyl (C=O) groups excluding carboxylic acids is 1. The maximum Gasteiger partial charge on any atom is 0.243 e. The molecule has 1 N–H and O–H groups in total. The Labute approximate surface area is 151 Å². The van der Waals surface area contributed by atoms with Crippen LogP contribution in [-0.2, 0) is 14.8 Å². The second-order valence-electron chi connectivity index (χ2n) is 7.04. The number of amides is 1. The van der Waals surface area contributed by atoms with Crippen molar-refractivity contribution in [3.05, 3.63) is 30.3 Å². The Hall–Kier alpha value is -1.44. The number of piperidine rings is 1. The van der Waals surface area contributed by atoms with Crippen molar-refractivity contribution in [1.29, 1.82) is 0 Å². The van der Waals surface area contributed by atoms with Crippen molar-refractivity contribution >= 4 is 15.9 Å². The largest absolute Gasteiger partial charge is 0.355 e. The summed E-state index contributed by atoms with van der Waals surface area (Å²) in [7, 11) is -1.81. The molecule has 2 rings (SSSR count). The first-order valence-electron chi connectivity index (χ1n) is 8.83. The third-order valence-electron chi connectivity index (χ3n) is 4.57. The average molecular weight is 368 g/mol. The molecule has 1 saturated heterocycles. The smallest absolute Gasteiger partial charge is 0.243 e. The van der Waals surface area contributed by atoms with Crippen molar-refractivity contribution in [2.45, 2.75) is 37.6 Å². The molecule has 1 aromatic carbocycles. The normalized spacial score (nSPS) is 17.2. The minimum absolute atomic E-state index is 0.0276. The van der Waals surface area contributed by atoms with E-state index in [1.165, 1.54) is 4.31 Å². The van der Waals surface area contributed by atoms with Crippen molar-refractivity contribution < 1.29 is 13.2 Å². The minimum atomic E-state index is -3.46. The van der Waals surface area contributed by atoms with Gasteiger partial charge in [0, 0.05) is 32.7 Å². The quantitative estimate of drug-likeness (QED) is 0.794. The van der Waals surface area contributed by atoms with Gasteiger partial charge in [-0.1, -0.05) is 32.0 Å². The maximum absolute atomic E-state index is 12.7. The monoisotopic (exact) mass is 367 g/mol. The van der Waals surface area contributed by atoms with E-state index in [1.807, 2.05) is 6.07 Å². The molecule has 0 aliphatic carbocycles. The molecule has 0 saturated carbocycles. The molecule has 0 bridgehead atoms. The van der Waals surface area contributed by atoms with Crippen molar-refractivity contribution in [1.82, 2.24) is 14.5 Å². The summed E-state index contributed by atoms with van der Waals surface area (Å²) in [5, 5.41) is 2.92. The number of benzene rings is 1. The summed E-state index contributed by atoms with van der Waals surface area (Å²) >= 11 is 0. The van der Waals surface area contributed by atoms with Gasteiger partial charge in [0.2, 0.25) is 15.9 Å². The number of likely N-dealkylation sites (tertiary alicyclic amines) is 1. The van der Waals surface area contributed by atoms with Gasteiger partial charge in [-0.05, 0) is 30.9 Å². The van der Waals surface area contributed by atoms with Gasteiger partial charge in [-0.2, -0.15) is 4.31 Å². The number of hydrogen-bond acceptors (Lipinski definition) is 4. The SMILES string of the molecule is CC(C)CNC(=O)CN1CCC(N(C)S(=O)(=O)c2ccccc2)CC1. The molecule has 7 heteroatoms. The van der Waals surface area contributed by atoms with Gasteiger partial charge in [0.25, 0.3) is 0 Å². The lowest BCUT2D eigenvalue weighted by atomic mass is 10.1. The fourth-order valence-electron chi connectivity index (χ4n) is 2.97. The van der Waals surface area contributed by atoms with Gasteiger partial charge in [0.05, 0.1) is 11.4 Å². The second-order valence-corrected chi connectivity index (χ2v) is 9.04. The molecule has 140 valence electrons. The molecular weight excluding hydrogens is 338 g/mol. The van der Waals surface area contributed by atoms with E-state index < -0.39 is 10.0 Å². The van der Waals surface area contributed by atoms with Gasteiger partial charge in [-0.3, -0.25) is 9.69 Å². The van der Waals surface area contributed by atoms with Gasteiger partial charge in [0.15, 0.2) is 0 Å². The molecule has 1 aromatic rings. The molecular formula is C18H29N3O3S. The summed E-state index contributed by atoms with van der Waals surface area (Å²) in [6, 6.07) is 8.50. The molecule has 1 heterocycles. The zero-order valence-electron chi connectivity index (χ0n) is 15.3. The Kier molecular flexibility index (Phi) is 6.98. The van der Waals surface area contributed by atoms with Crippen molar-refractivity contribution in [2.24, 2.45) is 5.92 Å². The highest BCUT2D eigenvalue weighted by molar-refractivity contribution is 7.89. The lowest BCUT2D eigenvalue weighted by molar-refractivity contribution is -0.122. The molecule has 0 atom stereocenters. The minimum Gasteiger partial charge on any atom is -0.355 e. The van der Waals surface area contributed by atoms with Crippen molar-refractivity contribution in [3.63, 3.8) is 0 Å². The number of nitrogens with zero attached hydrogens (tertiary/aromatic N) is 2. The van der Waals surface area contributed by atoms with Crippen LogP contribution in [0.3, 0.4) is 0 Å². The van der Waals surface area contributed by atoms with Crippen LogP contribution in [0.15, 0.2) is 35.2 Å². The van der Waals surface area contributed by atoms with Crippen LogP contribution in [0.2, 0.25) is 0 Å². The van der Waals surface area contributed by atoms with Gasteiger partial charge >= 0.3 is 0 Å². The summed E-state index contributed by atoms with van der Waals surface area (Å²) in [5.41, 5.74) is 0. The van der Waals surface area contributed by atoms with E-state index in [0.717, 1.165) is 25.9 Å². The maximum atomic E-state index is 12.7. The first-order valence-corrected chi connectivity index (χ1v) is 10.3. The third kappa shape index (κ3) is 5.52. The Balaban J connectivity index is 1.86. The average Bonchev–Trinajstić information content (AvgIpc) is 2.61. The van der Waals surface area contributed by atoms with E-state index in [9.17, 15) is 13.2 Å². The van der Waals surface area contributed by atoms with Crippen molar-refractivity contribution in [3.8, 4) is 0 Å². The van der Waals surface area contributed by atoms with E-state index in [0.29, 0.717) is 23.9 Å². The van der Waals surface area contributed by atoms with E-state index in [4.69, 9.17) is 0 Å². The Morgan fingerprint density at radius 3 is 2.40 bits per heavy atom. The topological polar surface area (TPSA) is 69.7 Å². The fourth-order valence-corrected chi connectivity index (χ4v) is 4.41. The molecule has 1 fully saturated rings. The second kappa shape index (κ2) is 8.78.